The molecule has 20 heavy (non-hydrogen) atoms. The van der Waals surface area contributed by atoms with Crippen molar-refractivity contribution in [2.75, 3.05) is 19.8 Å². The summed E-state index contributed by atoms with van der Waals surface area (Å²) in [6.07, 6.45) is 1.51. The highest BCUT2D eigenvalue weighted by atomic mass is 16.6. The van der Waals surface area contributed by atoms with Crippen LogP contribution in [0.25, 0.3) is 0 Å². The standard InChI is InChI=1S/C13H16N4O3/c14-6-7-17-10-12(15-16-17)13(18)20-9-8-19-11-4-2-1-3-5-11/h1-5,10H,6-9,14H2. The Morgan fingerprint density at radius 3 is 2.80 bits per heavy atom. The van der Waals surface area contributed by atoms with Gasteiger partial charge in [0.15, 0.2) is 5.69 Å². The van der Waals surface area contributed by atoms with E-state index < -0.39 is 5.97 Å². The molecule has 0 saturated carbocycles. The van der Waals surface area contributed by atoms with E-state index >= 15 is 0 Å². The van der Waals surface area contributed by atoms with Crippen molar-refractivity contribution in [3.8, 4) is 5.75 Å². The van der Waals surface area contributed by atoms with Crippen LogP contribution in [0.5, 0.6) is 5.75 Å². The van der Waals surface area contributed by atoms with Crippen LogP contribution in [0.2, 0.25) is 0 Å². The molecular weight excluding hydrogens is 260 g/mol. The number of benzene rings is 1. The van der Waals surface area contributed by atoms with Gasteiger partial charge in [0.25, 0.3) is 0 Å². The van der Waals surface area contributed by atoms with Gasteiger partial charge in [-0.05, 0) is 12.1 Å². The number of ether oxygens (including phenoxy) is 2. The first-order valence-corrected chi connectivity index (χ1v) is 6.25. The summed E-state index contributed by atoms with van der Waals surface area (Å²) in [5, 5.41) is 7.47. The minimum atomic E-state index is -0.523. The van der Waals surface area contributed by atoms with Crippen LogP contribution in [0.15, 0.2) is 36.5 Å². The second-order valence-electron chi connectivity index (χ2n) is 3.95. The van der Waals surface area contributed by atoms with Crippen molar-refractivity contribution in [2.24, 2.45) is 5.73 Å². The van der Waals surface area contributed by atoms with Gasteiger partial charge in [0.1, 0.15) is 19.0 Å². The van der Waals surface area contributed by atoms with Gasteiger partial charge in [-0.25, -0.2) is 4.79 Å². The Bertz CT molecular complexity index is 542. The van der Waals surface area contributed by atoms with E-state index in [0.717, 1.165) is 5.75 Å². The van der Waals surface area contributed by atoms with Crippen LogP contribution in [-0.4, -0.2) is 40.7 Å². The molecule has 0 aliphatic rings. The molecule has 0 saturated heterocycles. The zero-order valence-electron chi connectivity index (χ0n) is 10.9. The number of hydrogen-bond donors (Lipinski definition) is 1. The van der Waals surface area contributed by atoms with E-state index in [2.05, 4.69) is 10.3 Å². The molecule has 2 N–H and O–H groups in total. The fourth-order valence-electron chi connectivity index (χ4n) is 1.52. The van der Waals surface area contributed by atoms with E-state index in [0.29, 0.717) is 13.1 Å². The molecule has 0 bridgehead atoms. The number of nitrogens with two attached hydrogens (primary N) is 1. The molecule has 7 heteroatoms. The maximum Gasteiger partial charge on any atom is 0.360 e. The summed E-state index contributed by atoms with van der Waals surface area (Å²) in [6.45, 7) is 1.38. The lowest BCUT2D eigenvalue weighted by Gasteiger charge is -2.05. The molecule has 1 aromatic carbocycles. The molecule has 0 spiro atoms. The molecule has 0 aliphatic carbocycles. The number of rotatable bonds is 7. The summed E-state index contributed by atoms with van der Waals surface area (Å²) in [5.74, 6) is 0.211. The molecule has 7 nitrogen and oxygen atoms in total. The molecule has 0 aliphatic heterocycles. The topological polar surface area (TPSA) is 92.3 Å². The van der Waals surface area contributed by atoms with Crippen LogP contribution in [-0.2, 0) is 11.3 Å². The van der Waals surface area contributed by atoms with Crippen LogP contribution >= 0.6 is 0 Å². The lowest BCUT2D eigenvalue weighted by Crippen LogP contribution is -2.13. The Kier molecular flexibility index (Phi) is 5.08. The summed E-state index contributed by atoms with van der Waals surface area (Å²) in [7, 11) is 0. The van der Waals surface area contributed by atoms with Crippen LogP contribution in [0.1, 0.15) is 10.5 Å². The second kappa shape index (κ2) is 7.25. The van der Waals surface area contributed by atoms with Gasteiger partial charge in [-0.1, -0.05) is 23.4 Å². The minimum absolute atomic E-state index is 0.150. The van der Waals surface area contributed by atoms with Gasteiger partial charge in [-0.2, -0.15) is 0 Å². The number of hydrogen-bond acceptors (Lipinski definition) is 6. The van der Waals surface area contributed by atoms with Gasteiger partial charge < -0.3 is 15.2 Å². The third-order valence-corrected chi connectivity index (χ3v) is 2.43. The second-order valence-corrected chi connectivity index (χ2v) is 3.95. The third-order valence-electron chi connectivity index (χ3n) is 2.43. The van der Waals surface area contributed by atoms with Crippen molar-refractivity contribution in [3.63, 3.8) is 0 Å². The molecular formula is C13H16N4O3. The van der Waals surface area contributed by atoms with E-state index in [9.17, 15) is 4.79 Å². The SMILES string of the molecule is NCCn1cc(C(=O)OCCOc2ccccc2)nn1. The molecule has 0 fully saturated rings. The Labute approximate surface area is 116 Å². The fourth-order valence-corrected chi connectivity index (χ4v) is 1.52. The number of para-hydroxylation sites is 1. The normalized spacial score (nSPS) is 10.2. The van der Waals surface area contributed by atoms with Gasteiger partial charge in [-0.15, -0.1) is 5.10 Å². The Hall–Kier alpha value is -2.41. The monoisotopic (exact) mass is 276 g/mol. The molecule has 0 radical (unpaired) electrons. The number of aromatic nitrogens is 3. The highest BCUT2D eigenvalue weighted by Crippen LogP contribution is 2.07. The van der Waals surface area contributed by atoms with Gasteiger partial charge in [0.05, 0.1) is 12.7 Å². The maximum absolute atomic E-state index is 11.6. The van der Waals surface area contributed by atoms with Crippen molar-refractivity contribution in [3.05, 3.63) is 42.2 Å². The fraction of sp³-hybridized carbons (Fsp3) is 0.308. The molecule has 2 aromatic rings. The zero-order valence-corrected chi connectivity index (χ0v) is 10.9. The summed E-state index contributed by atoms with van der Waals surface area (Å²) >= 11 is 0. The number of carbonyl (C=O) groups excluding carboxylic acids is 1. The van der Waals surface area contributed by atoms with E-state index in [-0.39, 0.29) is 18.9 Å². The number of nitrogens with zero attached hydrogens (tertiary/aromatic N) is 3. The van der Waals surface area contributed by atoms with Gasteiger partial charge in [0.2, 0.25) is 0 Å². The first-order valence-electron chi connectivity index (χ1n) is 6.25. The summed E-state index contributed by atoms with van der Waals surface area (Å²) in [4.78, 5) is 11.6. The predicted molar refractivity (Wildman–Crippen MR) is 71.3 cm³/mol. The molecule has 1 aromatic heterocycles. The lowest BCUT2D eigenvalue weighted by molar-refractivity contribution is 0.0443. The molecule has 1 heterocycles. The van der Waals surface area contributed by atoms with Crippen molar-refractivity contribution in [1.29, 1.82) is 0 Å². The van der Waals surface area contributed by atoms with Crippen LogP contribution in [0, 0.1) is 0 Å². The number of esters is 1. The van der Waals surface area contributed by atoms with E-state index in [1.54, 1.807) is 0 Å². The first kappa shape index (κ1) is 14.0. The van der Waals surface area contributed by atoms with E-state index in [1.165, 1.54) is 10.9 Å². The van der Waals surface area contributed by atoms with Crippen LogP contribution in [0.4, 0.5) is 0 Å². The van der Waals surface area contributed by atoms with Crippen molar-refractivity contribution >= 4 is 5.97 Å². The largest absolute Gasteiger partial charge is 0.490 e. The van der Waals surface area contributed by atoms with Gasteiger partial charge in [-0.3, -0.25) is 4.68 Å². The third kappa shape index (κ3) is 4.06. The summed E-state index contributed by atoms with van der Waals surface area (Å²) < 4.78 is 11.9. The highest BCUT2D eigenvalue weighted by Gasteiger charge is 2.11. The molecule has 0 atom stereocenters. The highest BCUT2D eigenvalue weighted by molar-refractivity contribution is 5.86. The Morgan fingerprint density at radius 1 is 1.25 bits per heavy atom. The first-order chi connectivity index (χ1) is 9.79. The minimum Gasteiger partial charge on any atom is -0.490 e. The van der Waals surface area contributed by atoms with Crippen molar-refractivity contribution < 1.29 is 14.3 Å². The summed E-state index contributed by atoms with van der Waals surface area (Å²) in [5.41, 5.74) is 5.54. The zero-order chi connectivity index (χ0) is 14.2. The summed E-state index contributed by atoms with van der Waals surface area (Å²) in [6, 6.07) is 9.31. The van der Waals surface area contributed by atoms with Crippen LogP contribution < -0.4 is 10.5 Å². The van der Waals surface area contributed by atoms with Crippen molar-refractivity contribution in [2.45, 2.75) is 6.54 Å². The quantitative estimate of drug-likeness (QED) is 0.584. The Balaban J connectivity index is 1.72. The average molecular weight is 276 g/mol. The van der Waals surface area contributed by atoms with Gasteiger partial charge >= 0.3 is 5.97 Å². The number of carbonyl (C=O) groups is 1. The van der Waals surface area contributed by atoms with Crippen molar-refractivity contribution in [1.82, 2.24) is 15.0 Å². The average Bonchev–Trinajstić information content (AvgIpc) is 2.94. The van der Waals surface area contributed by atoms with Gasteiger partial charge in [0, 0.05) is 6.54 Å². The molecule has 0 unspecified atom stereocenters. The lowest BCUT2D eigenvalue weighted by atomic mass is 10.3. The molecule has 2 rings (SSSR count). The van der Waals surface area contributed by atoms with E-state index in [1.807, 2.05) is 30.3 Å². The predicted octanol–water partition coefficient (Wildman–Crippen LogP) is 0.473. The maximum atomic E-state index is 11.6. The smallest absolute Gasteiger partial charge is 0.360 e. The van der Waals surface area contributed by atoms with Crippen LogP contribution in [0.3, 0.4) is 0 Å². The Morgan fingerprint density at radius 2 is 2.05 bits per heavy atom. The van der Waals surface area contributed by atoms with E-state index in [4.69, 9.17) is 15.2 Å². The molecule has 0 amide bonds. The molecule has 106 valence electrons.